The fraction of sp³-hybridized carbons (Fsp3) is 0.500. The summed E-state index contributed by atoms with van der Waals surface area (Å²) in [4.78, 5) is 10.3. The summed E-state index contributed by atoms with van der Waals surface area (Å²) in [6.07, 6.45) is 0.168. The minimum Gasteiger partial charge on any atom is -0.477 e. The van der Waals surface area contributed by atoms with E-state index in [1.54, 1.807) is 0 Å². The molecule has 0 saturated carbocycles. The summed E-state index contributed by atoms with van der Waals surface area (Å²) in [7, 11) is -7.33. The van der Waals surface area contributed by atoms with Gasteiger partial charge in [-0.15, -0.1) is 11.3 Å². The van der Waals surface area contributed by atoms with Gasteiger partial charge in [-0.05, 0) is 24.8 Å². The number of hydrogen-bond donors (Lipinski definition) is 2. The van der Waals surface area contributed by atoms with Crippen LogP contribution in [0.15, 0.2) is 16.3 Å². The molecule has 112 valence electrons. The summed E-state index contributed by atoms with van der Waals surface area (Å²) >= 11 is 0.804. The minimum atomic E-state index is -4.07. The molecule has 1 aromatic heterocycles. The topological polar surface area (TPSA) is 118 Å². The smallest absolute Gasteiger partial charge is 0.347 e. The monoisotopic (exact) mass is 339 g/mol. The molecule has 0 amide bonds. The highest BCUT2D eigenvalue weighted by Crippen LogP contribution is 2.28. The summed E-state index contributed by atoms with van der Waals surface area (Å²) in [5.41, 5.74) is -1.10. The average molecular weight is 339 g/mol. The van der Waals surface area contributed by atoms with Crippen LogP contribution in [-0.2, 0) is 19.9 Å². The van der Waals surface area contributed by atoms with Gasteiger partial charge in [0.05, 0.1) is 11.5 Å². The van der Waals surface area contributed by atoms with Crippen molar-refractivity contribution in [2.75, 3.05) is 11.5 Å². The van der Waals surface area contributed by atoms with Crippen molar-refractivity contribution in [1.29, 1.82) is 0 Å². The van der Waals surface area contributed by atoms with Crippen molar-refractivity contribution in [3.63, 3.8) is 0 Å². The van der Waals surface area contributed by atoms with Crippen molar-refractivity contribution >= 4 is 37.2 Å². The number of sulfonamides is 1. The zero-order valence-electron chi connectivity index (χ0n) is 10.5. The van der Waals surface area contributed by atoms with Crippen LogP contribution < -0.4 is 4.72 Å². The standard InChI is InChI=1S/C10H13NO6S3/c1-10(3-5-19(14,15)6-10)11-20(16,17)7-2-4-18-8(7)9(12)13/h2,4,11H,3,5-6H2,1H3,(H,12,13). The third-order valence-corrected chi connectivity index (χ3v) is 7.61. The van der Waals surface area contributed by atoms with Gasteiger partial charge in [0, 0.05) is 5.54 Å². The van der Waals surface area contributed by atoms with Crippen LogP contribution in [0.2, 0.25) is 0 Å². The summed E-state index contributed by atoms with van der Waals surface area (Å²) in [6, 6.07) is 1.20. The Morgan fingerprint density at radius 1 is 1.50 bits per heavy atom. The number of carboxylic acids is 1. The molecule has 1 saturated heterocycles. The van der Waals surface area contributed by atoms with E-state index in [4.69, 9.17) is 5.11 Å². The number of nitrogens with one attached hydrogen (secondary N) is 1. The molecule has 1 unspecified atom stereocenters. The van der Waals surface area contributed by atoms with Gasteiger partial charge in [-0.1, -0.05) is 0 Å². The van der Waals surface area contributed by atoms with E-state index in [2.05, 4.69) is 4.72 Å². The van der Waals surface area contributed by atoms with Crippen molar-refractivity contribution in [3.05, 3.63) is 16.3 Å². The normalized spacial score (nSPS) is 25.6. The Hall–Kier alpha value is -0.970. The molecule has 0 bridgehead atoms. The Labute approximate surface area is 120 Å². The summed E-state index contributed by atoms with van der Waals surface area (Å²) < 4.78 is 49.7. The predicted octanol–water partition coefficient (Wildman–Crippen LogP) is 0.302. The molecule has 2 N–H and O–H groups in total. The molecule has 2 rings (SSSR count). The number of carboxylic acid groups (broad SMARTS) is 1. The SMILES string of the molecule is CC1(NS(=O)(=O)c2ccsc2C(=O)O)CCS(=O)(=O)C1. The highest BCUT2D eigenvalue weighted by atomic mass is 32.2. The highest BCUT2D eigenvalue weighted by molar-refractivity contribution is 7.92. The fourth-order valence-electron chi connectivity index (χ4n) is 2.14. The van der Waals surface area contributed by atoms with Crippen molar-refractivity contribution in [2.24, 2.45) is 0 Å². The van der Waals surface area contributed by atoms with E-state index in [-0.39, 0.29) is 27.7 Å². The molecule has 1 aromatic rings. The lowest BCUT2D eigenvalue weighted by Crippen LogP contribution is -2.46. The van der Waals surface area contributed by atoms with E-state index >= 15 is 0 Å². The molecule has 1 aliphatic rings. The molecule has 1 fully saturated rings. The Balaban J connectivity index is 2.33. The first-order valence-electron chi connectivity index (χ1n) is 5.60. The van der Waals surface area contributed by atoms with E-state index < -0.39 is 31.4 Å². The Morgan fingerprint density at radius 2 is 2.15 bits per heavy atom. The first-order chi connectivity index (χ1) is 9.05. The molecule has 0 radical (unpaired) electrons. The average Bonchev–Trinajstić information content (AvgIpc) is 2.82. The third kappa shape index (κ3) is 3.03. The van der Waals surface area contributed by atoms with Gasteiger partial charge in [0.1, 0.15) is 9.77 Å². The van der Waals surface area contributed by atoms with Crippen LogP contribution in [0.25, 0.3) is 0 Å². The maximum Gasteiger partial charge on any atom is 0.347 e. The van der Waals surface area contributed by atoms with Crippen molar-refractivity contribution in [1.82, 2.24) is 4.72 Å². The second kappa shape index (κ2) is 4.79. The van der Waals surface area contributed by atoms with E-state index in [1.165, 1.54) is 18.4 Å². The molecule has 2 heterocycles. The molecule has 20 heavy (non-hydrogen) atoms. The van der Waals surface area contributed by atoms with Crippen LogP contribution >= 0.6 is 11.3 Å². The van der Waals surface area contributed by atoms with Crippen LogP contribution in [-0.4, -0.2) is 45.0 Å². The number of hydrogen-bond acceptors (Lipinski definition) is 6. The highest BCUT2D eigenvalue weighted by Gasteiger charge is 2.42. The van der Waals surface area contributed by atoms with Gasteiger partial charge in [0.15, 0.2) is 9.84 Å². The van der Waals surface area contributed by atoms with Crippen molar-refractivity contribution in [2.45, 2.75) is 23.8 Å². The minimum absolute atomic E-state index is 0.0819. The molecule has 10 heteroatoms. The summed E-state index contributed by atoms with van der Waals surface area (Å²) in [6.45, 7) is 1.50. The van der Waals surface area contributed by atoms with Gasteiger partial charge in [0.25, 0.3) is 0 Å². The molecule has 1 aliphatic heterocycles. The third-order valence-electron chi connectivity index (χ3n) is 3.00. The van der Waals surface area contributed by atoms with E-state index in [1.807, 2.05) is 0 Å². The van der Waals surface area contributed by atoms with Gasteiger partial charge in [-0.3, -0.25) is 0 Å². The number of sulfone groups is 1. The van der Waals surface area contributed by atoms with Gasteiger partial charge >= 0.3 is 5.97 Å². The second-order valence-electron chi connectivity index (χ2n) is 4.93. The van der Waals surface area contributed by atoms with Crippen LogP contribution in [0.3, 0.4) is 0 Å². The Bertz CT molecular complexity index is 748. The molecular weight excluding hydrogens is 326 g/mol. The van der Waals surface area contributed by atoms with E-state index in [0.29, 0.717) is 0 Å². The Morgan fingerprint density at radius 3 is 2.65 bits per heavy atom. The number of thiophene rings is 1. The first kappa shape index (κ1) is 15.4. The lowest BCUT2D eigenvalue weighted by Gasteiger charge is -2.23. The predicted molar refractivity (Wildman–Crippen MR) is 73.3 cm³/mol. The zero-order chi connectivity index (χ0) is 15.2. The molecule has 7 nitrogen and oxygen atoms in total. The largest absolute Gasteiger partial charge is 0.477 e. The number of carbonyl (C=O) groups is 1. The van der Waals surface area contributed by atoms with Crippen LogP contribution in [0.5, 0.6) is 0 Å². The Kier molecular flexibility index (Phi) is 3.70. The molecule has 1 atom stereocenters. The molecular formula is C10H13NO6S3. The second-order valence-corrected chi connectivity index (χ2v) is 9.68. The van der Waals surface area contributed by atoms with Gasteiger partial charge < -0.3 is 5.11 Å². The summed E-state index contributed by atoms with van der Waals surface area (Å²) in [5, 5.41) is 10.3. The van der Waals surface area contributed by atoms with Crippen molar-refractivity contribution in [3.8, 4) is 0 Å². The zero-order valence-corrected chi connectivity index (χ0v) is 12.9. The van der Waals surface area contributed by atoms with Crippen LogP contribution in [0.4, 0.5) is 0 Å². The maximum absolute atomic E-state index is 12.2. The van der Waals surface area contributed by atoms with E-state index in [9.17, 15) is 21.6 Å². The van der Waals surface area contributed by atoms with Gasteiger partial charge in [-0.25, -0.2) is 26.4 Å². The lowest BCUT2D eigenvalue weighted by molar-refractivity contribution is 0.0698. The van der Waals surface area contributed by atoms with E-state index in [0.717, 1.165) is 11.3 Å². The molecule has 0 aromatic carbocycles. The molecule has 0 aliphatic carbocycles. The lowest BCUT2D eigenvalue weighted by atomic mass is 10.0. The van der Waals surface area contributed by atoms with Crippen LogP contribution in [0.1, 0.15) is 23.0 Å². The van der Waals surface area contributed by atoms with Crippen molar-refractivity contribution < 1.29 is 26.7 Å². The maximum atomic E-state index is 12.2. The van der Waals surface area contributed by atoms with Gasteiger partial charge in [0.2, 0.25) is 10.0 Å². The van der Waals surface area contributed by atoms with Gasteiger partial charge in [-0.2, -0.15) is 0 Å². The number of aromatic carboxylic acids is 1. The molecule has 0 spiro atoms. The summed E-state index contributed by atoms with van der Waals surface area (Å²) in [5.74, 6) is -1.70. The quantitative estimate of drug-likeness (QED) is 0.815. The number of rotatable bonds is 4. The van der Waals surface area contributed by atoms with Crippen LogP contribution in [0, 0.1) is 0 Å². The fourth-order valence-corrected chi connectivity index (χ4v) is 7.02. The first-order valence-corrected chi connectivity index (χ1v) is 9.78.